The second-order valence-corrected chi connectivity index (χ2v) is 6.86. The molecular weight excluding hydrogens is 344 g/mol. The van der Waals surface area contributed by atoms with Crippen LogP contribution in [0.4, 0.5) is 5.69 Å². The van der Waals surface area contributed by atoms with Crippen LogP contribution in [0, 0.1) is 13.8 Å². The van der Waals surface area contributed by atoms with Crippen LogP contribution in [-0.4, -0.2) is 58.8 Å². The molecule has 2 amide bonds. The highest BCUT2D eigenvalue weighted by molar-refractivity contribution is 5.94. The highest BCUT2D eigenvalue weighted by Gasteiger charge is 2.28. The molecule has 27 heavy (non-hydrogen) atoms. The average Bonchev–Trinajstić information content (AvgIpc) is 2.86. The maximum absolute atomic E-state index is 12.7. The predicted octanol–water partition coefficient (Wildman–Crippen LogP) is 2.47. The van der Waals surface area contributed by atoms with E-state index in [0.29, 0.717) is 37.0 Å². The molecule has 2 aromatic rings. The summed E-state index contributed by atoms with van der Waals surface area (Å²) in [6, 6.07) is 9.17. The molecule has 3 rings (SSSR count). The molecule has 7 nitrogen and oxygen atoms in total. The van der Waals surface area contributed by atoms with Crippen LogP contribution >= 0.6 is 0 Å². The summed E-state index contributed by atoms with van der Waals surface area (Å²) < 4.78 is 5.47. The lowest BCUT2D eigenvalue weighted by atomic mass is 10.2. The number of carbonyl (C=O) groups excluding carboxylic acids is 2. The van der Waals surface area contributed by atoms with E-state index >= 15 is 0 Å². The van der Waals surface area contributed by atoms with Crippen molar-refractivity contribution in [3.63, 3.8) is 0 Å². The van der Waals surface area contributed by atoms with Crippen molar-refractivity contribution in [2.45, 2.75) is 33.2 Å². The summed E-state index contributed by atoms with van der Waals surface area (Å²) in [6.07, 6.45) is 0.806. The van der Waals surface area contributed by atoms with Gasteiger partial charge in [-0.1, -0.05) is 18.2 Å². The molecule has 1 aliphatic rings. The van der Waals surface area contributed by atoms with Gasteiger partial charge in [-0.25, -0.2) is 4.98 Å². The van der Waals surface area contributed by atoms with Gasteiger partial charge < -0.3 is 14.6 Å². The summed E-state index contributed by atoms with van der Waals surface area (Å²) in [4.78, 5) is 33.4. The van der Waals surface area contributed by atoms with Gasteiger partial charge in [-0.2, -0.15) is 0 Å². The number of para-hydroxylation sites is 1. The maximum atomic E-state index is 12.7. The number of hydrogen-bond donors (Lipinski definition) is 1. The van der Waals surface area contributed by atoms with Crippen molar-refractivity contribution in [1.82, 2.24) is 14.8 Å². The van der Waals surface area contributed by atoms with Crippen molar-refractivity contribution in [2.75, 3.05) is 31.5 Å². The van der Waals surface area contributed by atoms with Crippen LogP contribution < -0.4 is 5.32 Å². The number of benzene rings is 1. The minimum Gasteiger partial charge on any atom is -0.436 e. The first kappa shape index (κ1) is 19.1. The first-order valence-electron chi connectivity index (χ1n) is 9.29. The Morgan fingerprint density at radius 1 is 1.11 bits per heavy atom. The lowest BCUT2D eigenvalue weighted by molar-refractivity contribution is -0.120. The molecule has 1 aromatic carbocycles. The molecule has 1 saturated heterocycles. The fraction of sp³-hybridized carbons (Fsp3) is 0.450. The number of carbonyl (C=O) groups is 2. The molecule has 7 heteroatoms. The Morgan fingerprint density at radius 2 is 1.85 bits per heavy atom. The van der Waals surface area contributed by atoms with E-state index in [1.165, 1.54) is 0 Å². The minimum atomic E-state index is -0.269. The number of nitrogens with one attached hydrogen (secondary N) is 1. The number of hydrogen-bond acceptors (Lipinski definition) is 5. The summed E-state index contributed by atoms with van der Waals surface area (Å²) in [7, 11) is 0. The SMILES string of the molecule is Cc1nc(C)c(C(=O)N2CCCN(C(C)C(=O)Nc3ccccc3)CC2)o1. The Kier molecular flexibility index (Phi) is 5.91. The van der Waals surface area contributed by atoms with Gasteiger partial charge >= 0.3 is 0 Å². The molecule has 1 fully saturated rings. The van der Waals surface area contributed by atoms with Gasteiger partial charge in [-0.15, -0.1) is 0 Å². The molecule has 2 heterocycles. The van der Waals surface area contributed by atoms with Crippen LogP contribution in [0.5, 0.6) is 0 Å². The van der Waals surface area contributed by atoms with E-state index in [1.54, 1.807) is 18.7 Å². The molecule has 0 radical (unpaired) electrons. The number of anilines is 1. The summed E-state index contributed by atoms with van der Waals surface area (Å²) in [5.74, 6) is 0.647. The van der Waals surface area contributed by atoms with E-state index in [4.69, 9.17) is 4.42 Å². The van der Waals surface area contributed by atoms with E-state index in [0.717, 1.165) is 18.7 Å². The van der Waals surface area contributed by atoms with Gasteiger partial charge in [0.15, 0.2) is 5.89 Å². The fourth-order valence-corrected chi connectivity index (χ4v) is 3.34. The third-order valence-corrected chi connectivity index (χ3v) is 4.88. The normalized spacial score (nSPS) is 16.6. The minimum absolute atomic E-state index is 0.0392. The number of rotatable bonds is 4. The molecule has 1 N–H and O–H groups in total. The van der Waals surface area contributed by atoms with Gasteiger partial charge in [0.1, 0.15) is 0 Å². The number of amides is 2. The van der Waals surface area contributed by atoms with Gasteiger partial charge in [-0.05, 0) is 32.4 Å². The lowest BCUT2D eigenvalue weighted by Gasteiger charge is -2.26. The summed E-state index contributed by atoms with van der Waals surface area (Å²) in [5.41, 5.74) is 1.41. The van der Waals surface area contributed by atoms with Crippen LogP contribution in [0.3, 0.4) is 0 Å². The van der Waals surface area contributed by atoms with Gasteiger partial charge in [0.25, 0.3) is 5.91 Å². The number of nitrogens with zero attached hydrogens (tertiary/aromatic N) is 3. The largest absolute Gasteiger partial charge is 0.436 e. The summed E-state index contributed by atoms with van der Waals surface area (Å²) >= 11 is 0. The Bertz CT molecular complexity index is 803. The highest BCUT2D eigenvalue weighted by atomic mass is 16.4. The number of aryl methyl sites for hydroxylation is 2. The first-order chi connectivity index (χ1) is 13.0. The van der Waals surface area contributed by atoms with E-state index in [-0.39, 0.29) is 17.9 Å². The Labute approximate surface area is 159 Å². The van der Waals surface area contributed by atoms with Crippen molar-refractivity contribution in [3.05, 3.63) is 47.7 Å². The molecule has 144 valence electrons. The highest BCUT2D eigenvalue weighted by Crippen LogP contribution is 2.16. The molecule has 1 atom stereocenters. The lowest BCUT2D eigenvalue weighted by Crippen LogP contribution is -2.44. The van der Waals surface area contributed by atoms with E-state index in [2.05, 4.69) is 15.2 Å². The summed E-state index contributed by atoms with van der Waals surface area (Å²) in [6.45, 7) is 8.02. The van der Waals surface area contributed by atoms with E-state index in [1.807, 2.05) is 37.3 Å². The molecule has 1 unspecified atom stereocenters. The Morgan fingerprint density at radius 3 is 2.52 bits per heavy atom. The zero-order valence-corrected chi connectivity index (χ0v) is 16.1. The molecule has 0 spiro atoms. The molecule has 0 saturated carbocycles. The second kappa shape index (κ2) is 8.35. The third-order valence-electron chi connectivity index (χ3n) is 4.88. The molecule has 1 aliphatic heterocycles. The van der Waals surface area contributed by atoms with Crippen LogP contribution in [0.25, 0.3) is 0 Å². The van der Waals surface area contributed by atoms with Gasteiger partial charge in [0.2, 0.25) is 11.7 Å². The average molecular weight is 370 g/mol. The number of aromatic nitrogens is 1. The zero-order chi connectivity index (χ0) is 19.4. The second-order valence-electron chi connectivity index (χ2n) is 6.86. The third kappa shape index (κ3) is 4.54. The van der Waals surface area contributed by atoms with Gasteiger partial charge in [0, 0.05) is 38.8 Å². The fourth-order valence-electron chi connectivity index (χ4n) is 3.34. The smallest absolute Gasteiger partial charge is 0.291 e. The maximum Gasteiger partial charge on any atom is 0.291 e. The summed E-state index contributed by atoms with van der Waals surface area (Å²) in [5, 5.41) is 2.95. The van der Waals surface area contributed by atoms with Crippen molar-refractivity contribution < 1.29 is 14.0 Å². The van der Waals surface area contributed by atoms with Crippen LogP contribution in [0.2, 0.25) is 0 Å². The standard InChI is InChI=1S/C20H26N4O3/c1-14-18(27-16(3)21-14)20(26)24-11-7-10-23(12-13-24)15(2)19(25)22-17-8-5-4-6-9-17/h4-6,8-9,15H,7,10-13H2,1-3H3,(H,22,25). The quantitative estimate of drug-likeness (QED) is 0.894. The monoisotopic (exact) mass is 370 g/mol. The molecule has 0 aliphatic carbocycles. The Hall–Kier alpha value is -2.67. The van der Waals surface area contributed by atoms with Gasteiger partial charge in [-0.3, -0.25) is 14.5 Å². The number of oxazole rings is 1. The van der Waals surface area contributed by atoms with Gasteiger partial charge in [0.05, 0.1) is 11.7 Å². The van der Waals surface area contributed by atoms with Crippen molar-refractivity contribution >= 4 is 17.5 Å². The topological polar surface area (TPSA) is 78.7 Å². The van der Waals surface area contributed by atoms with E-state index in [9.17, 15) is 9.59 Å². The Balaban J connectivity index is 1.59. The van der Waals surface area contributed by atoms with Crippen molar-refractivity contribution in [1.29, 1.82) is 0 Å². The zero-order valence-electron chi connectivity index (χ0n) is 16.1. The van der Waals surface area contributed by atoms with Crippen LogP contribution in [-0.2, 0) is 4.79 Å². The van der Waals surface area contributed by atoms with E-state index < -0.39 is 0 Å². The van der Waals surface area contributed by atoms with Crippen molar-refractivity contribution in [3.8, 4) is 0 Å². The predicted molar refractivity (Wildman–Crippen MR) is 103 cm³/mol. The van der Waals surface area contributed by atoms with Crippen LogP contribution in [0.15, 0.2) is 34.7 Å². The molecular formula is C20H26N4O3. The van der Waals surface area contributed by atoms with Crippen molar-refractivity contribution in [2.24, 2.45) is 0 Å². The van der Waals surface area contributed by atoms with Crippen LogP contribution in [0.1, 0.15) is 35.5 Å². The molecule has 1 aromatic heterocycles. The first-order valence-corrected chi connectivity index (χ1v) is 9.29. The molecule has 0 bridgehead atoms.